The fraction of sp³-hybridized carbons (Fsp3) is 0.938. The fourth-order valence-electron chi connectivity index (χ4n) is 2.70. The van der Waals surface area contributed by atoms with Gasteiger partial charge in [-0.15, -0.1) is 0 Å². The zero-order valence-corrected chi connectivity index (χ0v) is 13.5. The lowest BCUT2D eigenvalue weighted by atomic mass is 10.1. The molecule has 0 unspecified atom stereocenters. The zero-order valence-electron chi connectivity index (χ0n) is 13.5. The number of amides is 1. The van der Waals surface area contributed by atoms with E-state index in [9.17, 15) is 4.79 Å². The molecule has 0 heterocycles. The van der Waals surface area contributed by atoms with Crippen LogP contribution in [0.15, 0.2) is 0 Å². The van der Waals surface area contributed by atoms with Crippen molar-refractivity contribution in [2.75, 3.05) is 19.7 Å². The third-order valence-electron chi connectivity index (χ3n) is 3.82. The number of hydrogen-bond acceptors (Lipinski definition) is 3. The van der Waals surface area contributed by atoms with Gasteiger partial charge in [-0.2, -0.15) is 0 Å². The maximum Gasteiger partial charge on any atom is 0.248 e. The summed E-state index contributed by atoms with van der Waals surface area (Å²) in [6.07, 6.45) is 8.20. The van der Waals surface area contributed by atoms with E-state index in [-0.39, 0.29) is 18.1 Å². The van der Waals surface area contributed by atoms with Crippen molar-refractivity contribution in [1.29, 1.82) is 0 Å². The van der Waals surface area contributed by atoms with Gasteiger partial charge in [-0.1, -0.05) is 25.7 Å². The topological polar surface area (TPSA) is 55.6 Å². The average Bonchev–Trinajstić information content (AvgIpc) is 2.65. The van der Waals surface area contributed by atoms with Crippen LogP contribution in [-0.2, 0) is 9.53 Å². The van der Waals surface area contributed by atoms with Crippen LogP contribution in [0, 0.1) is 0 Å². The van der Waals surface area contributed by atoms with E-state index in [0.717, 1.165) is 25.8 Å². The number of ether oxygens (including phenoxy) is 1. The molecule has 0 aromatic heterocycles. The van der Waals surface area contributed by atoms with Crippen LogP contribution in [0.3, 0.4) is 0 Å². The van der Waals surface area contributed by atoms with E-state index >= 15 is 0 Å². The minimum Gasteiger partial charge on any atom is -0.366 e. The zero-order chi connectivity index (χ0) is 15.0. The molecular formula is C16H32N2O2. The van der Waals surface area contributed by atoms with Gasteiger partial charge in [0.1, 0.15) is 6.61 Å². The molecule has 0 bridgehead atoms. The Hall–Kier alpha value is -0.610. The van der Waals surface area contributed by atoms with Gasteiger partial charge in [0.05, 0.1) is 5.60 Å². The van der Waals surface area contributed by atoms with E-state index < -0.39 is 0 Å². The van der Waals surface area contributed by atoms with Gasteiger partial charge in [0, 0.05) is 12.6 Å². The molecule has 2 N–H and O–H groups in total. The van der Waals surface area contributed by atoms with Gasteiger partial charge < -0.3 is 15.4 Å². The SMILES string of the molecule is CC(C)(C)OCC(=O)N(CCCN)C1CCCCCC1. The molecule has 1 aliphatic carbocycles. The van der Waals surface area contributed by atoms with Crippen LogP contribution < -0.4 is 5.73 Å². The molecule has 0 saturated heterocycles. The van der Waals surface area contributed by atoms with Crippen LogP contribution in [0.4, 0.5) is 0 Å². The first-order chi connectivity index (χ1) is 9.44. The third-order valence-corrected chi connectivity index (χ3v) is 3.82. The summed E-state index contributed by atoms with van der Waals surface area (Å²) in [7, 11) is 0. The second-order valence-corrected chi connectivity index (χ2v) is 6.78. The van der Waals surface area contributed by atoms with Gasteiger partial charge in [-0.05, 0) is 46.6 Å². The normalized spacial score (nSPS) is 17.8. The number of hydrogen-bond donors (Lipinski definition) is 1. The molecule has 4 nitrogen and oxygen atoms in total. The van der Waals surface area contributed by atoms with Crippen molar-refractivity contribution in [3.8, 4) is 0 Å². The molecule has 0 aromatic rings. The molecule has 20 heavy (non-hydrogen) atoms. The lowest BCUT2D eigenvalue weighted by molar-refractivity contribution is -0.143. The molecule has 1 saturated carbocycles. The highest BCUT2D eigenvalue weighted by Crippen LogP contribution is 2.22. The first kappa shape index (κ1) is 17.4. The van der Waals surface area contributed by atoms with Crippen LogP contribution in [0.25, 0.3) is 0 Å². The Bertz CT molecular complexity index is 279. The summed E-state index contributed by atoms with van der Waals surface area (Å²) >= 11 is 0. The Morgan fingerprint density at radius 1 is 1.20 bits per heavy atom. The van der Waals surface area contributed by atoms with Crippen molar-refractivity contribution in [2.45, 2.75) is 77.4 Å². The molecule has 0 radical (unpaired) electrons. The monoisotopic (exact) mass is 284 g/mol. The summed E-state index contributed by atoms with van der Waals surface area (Å²) in [5.74, 6) is 0.125. The number of nitrogens with two attached hydrogens (primary N) is 1. The van der Waals surface area contributed by atoms with E-state index in [1.54, 1.807) is 0 Å². The van der Waals surface area contributed by atoms with Gasteiger partial charge in [0.15, 0.2) is 0 Å². The fourth-order valence-corrected chi connectivity index (χ4v) is 2.70. The minimum atomic E-state index is -0.265. The minimum absolute atomic E-state index is 0.125. The highest BCUT2D eigenvalue weighted by Gasteiger charge is 2.25. The Kier molecular flexibility index (Phi) is 7.52. The maximum atomic E-state index is 12.5. The molecule has 4 heteroatoms. The van der Waals surface area contributed by atoms with Gasteiger partial charge in [0.25, 0.3) is 0 Å². The van der Waals surface area contributed by atoms with E-state index in [1.807, 2.05) is 25.7 Å². The van der Waals surface area contributed by atoms with E-state index in [2.05, 4.69) is 0 Å². The molecule has 118 valence electrons. The van der Waals surface area contributed by atoms with Gasteiger partial charge in [0.2, 0.25) is 5.91 Å². The summed E-state index contributed by atoms with van der Waals surface area (Å²) in [5.41, 5.74) is 5.35. The molecule has 1 amide bonds. The molecular weight excluding hydrogens is 252 g/mol. The number of rotatable bonds is 6. The molecule has 1 aliphatic rings. The first-order valence-electron chi connectivity index (χ1n) is 8.07. The summed E-state index contributed by atoms with van der Waals surface area (Å²) in [6.45, 7) is 7.54. The van der Waals surface area contributed by atoms with E-state index in [4.69, 9.17) is 10.5 Å². The third kappa shape index (κ3) is 6.71. The van der Waals surface area contributed by atoms with Crippen LogP contribution in [0.5, 0.6) is 0 Å². The molecule has 0 atom stereocenters. The highest BCUT2D eigenvalue weighted by atomic mass is 16.5. The van der Waals surface area contributed by atoms with Gasteiger partial charge >= 0.3 is 0 Å². The van der Waals surface area contributed by atoms with E-state index in [0.29, 0.717) is 12.6 Å². The number of carbonyl (C=O) groups is 1. The van der Waals surface area contributed by atoms with Gasteiger partial charge in [-0.25, -0.2) is 0 Å². The van der Waals surface area contributed by atoms with Crippen molar-refractivity contribution in [3.05, 3.63) is 0 Å². The lowest BCUT2D eigenvalue weighted by Crippen LogP contribution is -2.44. The number of nitrogens with zero attached hydrogens (tertiary/aromatic N) is 1. The molecule has 0 aromatic carbocycles. The quantitative estimate of drug-likeness (QED) is 0.763. The molecule has 0 aliphatic heterocycles. The van der Waals surface area contributed by atoms with Crippen LogP contribution in [-0.4, -0.2) is 42.1 Å². The van der Waals surface area contributed by atoms with Crippen LogP contribution in [0.2, 0.25) is 0 Å². The second-order valence-electron chi connectivity index (χ2n) is 6.78. The highest BCUT2D eigenvalue weighted by molar-refractivity contribution is 5.77. The Balaban J connectivity index is 2.58. The second kappa shape index (κ2) is 8.63. The predicted molar refractivity (Wildman–Crippen MR) is 82.6 cm³/mol. The molecule has 1 rings (SSSR count). The average molecular weight is 284 g/mol. The van der Waals surface area contributed by atoms with Crippen molar-refractivity contribution in [2.24, 2.45) is 5.73 Å². The van der Waals surface area contributed by atoms with E-state index in [1.165, 1.54) is 25.7 Å². The number of carbonyl (C=O) groups excluding carboxylic acids is 1. The van der Waals surface area contributed by atoms with Crippen molar-refractivity contribution >= 4 is 5.91 Å². The van der Waals surface area contributed by atoms with Crippen molar-refractivity contribution in [3.63, 3.8) is 0 Å². The van der Waals surface area contributed by atoms with Crippen molar-refractivity contribution in [1.82, 2.24) is 4.90 Å². The Labute approximate surface area is 124 Å². The first-order valence-corrected chi connectivity index (χ1v) is 8.07. The molecule has 1 fully saturated rings. The summed E-state index contributed by atoms with van der Waals surface area (Å²) in [6, 6.07) is 0.389. The largest absolute Gasteiger partial charge is 0.366 e. The van der Waals surface area contributed by atoms with Gasteiger partial charge in [-0.3, -0.25) is 4.79 Å². The summed E-state index contributed by atoms with van der Waals surface area (Å²) in [5, 5.41) is 0. The van der Waals surface area contributed by atoms with Crippen LogP contribution >= 0.6 is 0 Å². The Morgan fingerprint density at radius 2 is 1.80 bits per heavy atom. The standard InChI is InChI=1S/C16H32N2O2/c1-16(2,3)20-13-15(19)18(12-8-11-17)14-9-6-4-5-7-10-14/h14H,4-13,17H2,1-3H3. The summed E-state index contributed by atoms with van der Waals surface area (Å²) < 4.78 is 5.65. The summed E-state index contributed by atoms with van der Waals surface area (Å²) in [4.78, 5) is 14.5. The van der Waals surface area contributed by atoms with Crippen LogP contribution in [0.1, 0.15) is 65.7 Å². The molecule has 0 spiro atoms. The lowest BCUT2D eigenvalue weighted by Gasteiger charge is -2.32. The Morgan fingerprint density at radius 3 is 2.30 bits per heavy atom. The van der Waals surface area contributed by atoms with Crippen molar-refractivity contribution < 1.29 is 9.53 Å². The predicted octanol–water partition coefficient (Wildman–Crippen LogP) is 2.70. The smallest absolute Gasteiger partial charge is 0.248 e. The maximum absolute atomic E-state index is 12.5.